The van der Waals surface area contributed by atoms with Gasteiger partial charge in [0.15, 0.2) is 11.5 Å². The molecule has 0 radical (unpaired) electrons. The molecule has 1 aromatic heterocycles. The van der Waals surface area contributed by atoms with E-state index < -0.39 is 29.5 Å². The van der Waals surface area contributed by atoms with Crippen LogP contribution in [-0.2, 0) is 17.1 Å². The molecule has 12 heteroatoms. The Morgan fingerprint density at radius 2 is 1.57 bits per heavy atom. The summed E-state index contributed by atoms with van der Waals surface area (Å²) in [5.74, 6) is -0.305. The van der Waals surface area contributed by atoms with Crippen molar-refractivity contribution in [3.8, 4) is 0 Å². The first-order valence-corrected chi connectivity index (χ1v) is 8.88. The van der Waals surface area contributed by atoms with E-state index in [1.54, 1.807) is 9.80 Å². The second-order valence-corrected chi connectivity index (χ2v) is 6.63. The van der Waals surface area contributed by atoms with Crippen molar-refractivity contribution in [1.29, 1.82) is 0 Å². The Hall–Kier alpha value is -2.89. The number of anilines is 2. The van der Waals surface area contributed by atoms with Crippen LogP contribution in [0, 0.1) is 0 Å². The Balaban J connectivity index is 1.53. The first kappa shape index (κ1) is 21.8. The molecule has 6 nitrogen and oxygen atoms in total. The highest BCUT2D eigenvalue weighted by atomic mass is 19.4. The molecule has 30 heavy (non-hydrogen) atoms. The van der Waals surface area contributed by atoms with Gasteiger partial charge in [0.1, 0.15) is 0 Å². The Labute approximate surface area is 167 Å². The summed E-state index contributed by atoms with van der Waals surface area (Å²) in [6.07, 6.45) is -9.15. The number of hydrogen-bond donors (Lipinski definition) is 1. The topological polar surface area (TPSA) is 61.4 Å². The molecule has 1 aliphatic heterocycles. The molecule has 3 rings (SSSR count). The molecule has 2 aromatic rings. The summed E-state index contributed by atoms with van der Waals surface area (Å²) in [4.78, 5) is 15.6. The summed E-state index contributed by atoms with van der Waals surface area (Å²) in [5.41, 5.74) is -2.32. The summed E-state index contributed by atoms with van der Waals surface area (Å²) in [6.45, 7) is 1.42. The first-order valence-electron chi connectivity index (χ1n) is 8.88. The standard InChI is InChI=1S/C18H17F6N5O/c19-17(20,21)12-3-1-2-4-13(12)25-16(30)11-28-7-9-29(10-8-28)15-6-5-14(26-27-15)18(22,23)24/h1-6H,7-11H2,(H,25,30). The molecule has 2 heterocycles. The highest BCUT2D eigenvalue weighted by molar-refractivity contribution is 5.93. The van der Waals surface area contributed by atoms with Crippen LogP contribution in [0.2, 0.25) is 0 Å². The highest BCUT2D eigenvalue weighted by Gasteiger charge is 2.34. The molecular weight excluding hydrogens is 416 g/mol. The van der Waals surface area contributed by atoms with Gasteiger partial charge in [-0.15, -0.1) is 10.2 Å². The fourth-order valence-corrected chi connectivity index (χ4v) is 3.01. The molecule has 1 fully saturated rings. The molecule has 0 saturated carbocycles. The molecule has 0 spiro atoms. The first-order chi connectivity index (χ1) is 14.0. The lowest BCUT2D eigenvalue weighted by Crippen LogP contribution is -2.49. The average Bonchev–Trinajstić information content (AvgIpc) is 2.67. The fourth-order valence-electron chi connectivity index (χ4n) is 3.01. The molecule has 1 aliphatic rings. The second-order valence-electron chi connectivity index (χ2n) is 6.63. The van der Waals surface area contributed by atoms with E-state index in [-0.39, 0.29) is 18.1 Å². The van der Waals surface area contributed by atoms with Gasteiger partial charge >= 0.3 is 12.4 Å². The average molecular weight is 433 g/mol. The van der Waals surface area contributed by atoms with Crippen molar-refractivity contribution >= 4 is 17.4 Å². The summed E-state index contributed by atoms with van der Waals surface area (Å²) in [5, 5.41) is 9.06. The molecule has 1 amide bonds. The van der Waals surface area contributed by atoms with Gasteiger partial charge in [-0.3, -0.25) is 9.69 Å². The van der Waals surface area contributed by atoms with Crippen molar-refractivity contribution in [2.45, 2.75) is 12.4 Å². The summed E-state index contributed by atoms with van der Waals surface area (Å²) in [7, 11) is 0. The zero-order valence-electron chi connectivity index (χ0n) is 15.5. The quantitative estimate of drug-likeness (QED) is 0.751. The maximum absolute atomic E-state index is 13.0. The number of nitrogens with one attached hydrogen (secondary N) is 1. The number of nitrogens with zero attached hydrogens (tertiary/aromatic N) is 4. The van der Waals surface area contributed by atoms with Gasteiger partial charge in [0.05, 0.1) is 17.8 Å². The van der Waals surface area contributed by atoms with Crippen LogP contribution < -0.4 is 10.2 Å². The molecule has 1 aromatic carbocycles. The predicted molar refractivity (Wildman–Crippen MR) is 95.8 cm³/mol. The third-order valence-electron chi connectivity index (χ3n) is 4.51. The summed E-state index contributed by atoms with van der Waals surface area (Å²) in [6, 6.07) is 6.78. The number of hydrogen-bond acceptors (Lipinski definition) is 5. The Bertz CT molecular complexity index is 876. The number of aromatic nitrogens is 2. The lowest BCUT2D eigenvalue weighted by molar-refractivity contribution is -0.141. The zero-order valence-corrected chi connectivity index (χ0v) is 15.5. The van der Waals surface area contributed by atoms with Gasteiger partial charge in [-0.05, 0) is 24.3 Å². The largest absolute Gasteiger partial charge is 0.435 e. The number of para-hydroxylation sites is 1. The van der Waals surface area contributed by atoms with Crippen molar-refractivity contribution in [1.82, 2.24) is 15.1 Å². The van der Waals surface area contributed by atoms with E-state index in [9.17, 15) is 31.1 Å². The second kappa shape index (κ2) is 8.46. The minimum Gasteiger partial charge on any atom is -0.353 e. The van der Waals surface area contributed by atoms with Gasteiger partial charge in [-0.1, -0.05) is 12.1 Å². The molecule has 0 atom stereocenters. The van der Waals surface area contributed by atoms with E-state index in [1.807, 2.05) is 0 Å². The third-order valence-corrected chi connectivity index (χ3v) is 4.51. The van der Waals surface area contributed by atoms with E-state index in [4.69, 9.17) is 0 Å². The van der Waals surface area contributed by atoms with E-state index in [0.29, 0.717) is 26.2 Å². The van der Waals surface area contributed by atoms with Crippen molar-refractivity contribution < 1.29 is 31.1 Å². The molecule has 1 saturated heterocycles. The van der Waals surface area contributed by atoms with E-state index in [1.165, 1.54) is 24.3 Å². The lowest BCUT2D eigenvalue weighted by atomic mass is 10.1. The lowest BCUT2D eigenvalue weighted by Gasteiger charge is -2.34. The van der Waals surface area contributed by atoms with Gasteiger partial charge in [-0.25, -0.2) is 0 Å². The van der Waals surface area contributed by atoms with Gasteiger partial charge in [0, 0.05) is 26.2 Å². The normalized spacial score (nSPS) is 15.9. The molecule has 0 bridgehead atoms. The van der Waals surface area contributed by atoms with Crippen LogP contribution >= 0.6 is 0 Å². The number of carbonyl (C=O) groups is 1. The number of amides is 1. The molecule has 1 N–H and O–H groups in total. The maximum Gasteiger partial charge on any atom is 0.435 e. The fraction of sp³-hybridized carbons (Fsp3) is 0.389. The maximum atomic E-state index is 13.0. The minimum atomic E-state index is -4.59. The smallest absolute Gasteiger partial charge is 0.353 e. The third kappa shape index (κ3) is 5.38. The van der Waals surface area contributed by atoms with E-state index in [2.05, 4.69) is 15.5 Å². The summed E-state index contributed by atoms with van der Waals surface area (Å²) < 4.78 is 76.7. The van der Waals surface area contributed by atoms with Crippen LogP contribution in [-0.4, -0.2) is 53.7 Å². The minimum absolute atomic E-state index is 0.112. The molecule has 162 valence electrons. The Morgan fingerprint density at radius 1 is 0.900 bits per heavy atom. The van der Waals surface area contributed by atoms with Crippen molar-refractivity contribution in [3.63, 3.8) is 0 Å². The number of piperazine rings is 1. The summed E-state index contributed by atoms with van der Waals surface area (Å²) >= 11 is 0. The number of alkyl halides is 6. The van der Waals surface area contributed by atoms with Gasteiger partial charge in [-0.2, -0.15) is 26.3 Å². The van der Waals surface area contributed by atoms with Crippen molar-refractivity contribution in [2.75, 3.05) is 42.9 Å². The van der Waals surface area contributed by atoms with Crippen LogP contribution in [0.1, 0.15) is 11.3 Å². The number of carbonyl (C=O) groups excluding carboxylic acids is 1. The molecule has 0 aliphatic carbocycles. The number of rotatable bonds is 4. The van der Waals surface area contributed by atoms with Crippen LogP contribution in [0.4, 0.5) is 37.8 Å². The van der Waals surface area contributed by atoms with Crippen molar-refractivity contribution in [2.24, 2.45) is 0 Å². The van der Waals surface area contributed by atoms with Gasteiger partial charge in [0.25, 0.3) is 0 Å². The predicted octanol–water partition coefficient (Wildman–Crippen LogP) is 3.27. The Morgan fingerprint density at radius 3 is 2.13 bits per heavy atom. The number of halogens is 6. The zero-order chi connectivity index (χ0) is 21.9. The van der Waals surface area contributed by atoms with Gasteiger partial charge in [0.2, 0.25) is 5.91 Å². The monoisotopic (exact) mass is 433 g/mol. The highest BCUT2D eigenvalue weighted by Crippen LogP contribution is 2.34. The molecule has 0 unspecified atom stereocenters. The van der Waals surface area contributed by atoms with Crippen LogP contribution in [0.5, 0.6) is 0 Å². The van der Waals surface area contributed by atoms with E-state index >= 15 is 0 Å². The van der Waals surface area contributed by atoms with Crippen LogP contribution in [0.3, 0.4) is 0 Å². The Kier molecular flexibility index (Phi) is 6.15. The molecular formula is C18H17F6N5O. The number of benzene rings is 1. The van der Waals surface area contributed by atoms with Crippen molar-refractivity contribution in [3.05, 3.63) is 47.7 Å². The van der Waals surface area contributed by atoms with E-state index in [0.717, 1.165) is 12.1 Å². The SMILES string of the molecule is O=C(CN1CCN(c2ccc(C(F)(F)F)nn2)CC1)Nc1ccccc1C(F)(F)F. The van der Waals surface area contributed by atoms with Crippen LogP contribution in [0.25, 0.3) is 0 Å². The van der Waals surface area contributed by atoms with Crippen LogP contribution in [0.15, 0.2) is 36.4 Å². The van der Waals surface area contributed by atoms with Gasteiger partial charge < -0.3 is 10.2 Å².